The summed E-state index contributed by atoms with van der Waals surface area (Å²) in [6.45, 7) is 4.35. The van der Waals surface area contributed by atoms with E-state index < -0.39 is 0 Å². The summed E-state index contributed by atoms with van der Waals surface area (Å²) in [7, 11) is 0. The smallest absolute Gasteiger partial charge is 0.0631 e. The van der Waals surface area contributed by atoms with E-state index in [4.69, 9.17) is 0 Å². The molecule has 0 saturated carbocycles. The lowest BCUT2D eigenvalue weighted by Gasteiger charge is -2.13. The largest absolute Gasteiger partial charge is 0.396 e. The van der Waals surface area contributed by atoms with Crippen molar-refractivity contribution in [3.8, 4) is 0 Å². The lowest BCUT2D eigenvalue weighted by Crippen LogP contribution is -2.09. The topological polar surface area (TPSA) is 38.0 Å². The zero-order chi connectivity index (χ0) is 13.8. The third-order valence-corrected chi connectivity index (χ3v) is 3.74. The fraction of sp³-hybridized carbons (Fsp3) is 0.400. The van der Waals surface area contributed by atoms with Crippen molar-refractivity contribution in [2.75, 3.05) is 6.61 Å². The maximum Gasteiger partial charge on any atom is 0.0631 e. The fourth-order valence-corrected chi connectivity index (χ4v) is 2.31. The van der Waals surface area contributed by atoms with E-state index in [1.807, 2.05) is 41.2 Å². The minimum Gasteiger partial charge on any atom is -0.396 e. The highest BCUT2D eigenvalue weighted by molar-refractivity contribution is 9.10. The molecule has 1 aromatic heterocycles. The van der Waals surface area contributed by atoms with Gasteiger partial charge < -0.3 is 5.11 Å². The van der Waals surface area contributed by atoms with Gasteiger partial charge in [0.15, 0.2) is 0 Å². The van der Waals surface area contributed by atoms with Gasteiger partial charge in [0.05, 0.1) is 12.3 Å². The van der Waals surface area contributed by atoms with Crippen molar-refractivity contribution in [2.24, 2.45) is 0 Å². The van der Waals surface area contributed by atoms with Gasteiger partial charge in [-0.2, -0.15) is 5.10 Å². The third kappa shape index (κ3) is 3.67. The number of aromatic nitrogens is 2. The van der Waals surface area contributed by atoms with Crippen LogP contribution in [0.15, 0.2) is 41.0 Å². The Morgan fingerprint density at radius 2 is 1.89 bits per heavy atom. The number of hydrogen-bond acceptors (Lipinski definition) is 2. The third-order valence-electron chi connectivity index (χ3n) is 3.21. The quantitative estimate of drug-likeness (QED) is 0.914. The molecule has 1 heterocycles. The van der Waals surface area contributed by atoms with E-state index in [9.17, 15) is 5.11 Å². The monoisotopic (exact) mass is 322 g/mol. The highest BCUT2D eigenvalue weighted by atomic mass is 79.9. The van der Waals surface area contributed by atoms with E-state index in [-0.39, 0.29) is 12.5 Å². The van der Waals surface area contributed by atoms with Crippen molar-refractivity contribution in [1.82, 2.24) is 9.78 Å². The van der Waals surface area contributed by atoms with Crippen LogP contribution in [0.2, 0.25) is 0 Å². The number of rotatable bonds is 5. The molecule has 1 aromatic carbocycles. The van der Waals surface area contributed by atoms with Crippen LogP contribution in [0.4, 0.5) is 0 Å². The van der Waals surface area contributed by atoms with Gasteiger partial charge in [0.1, 0.15) is 0 Å². The van der Waals surface area contributed by atoms with Crippen molar-refractivity contribution < 1.29 is 5.11 Å². The fourth-order valence-electron chi connectivity index (χ4n) is 2.05. The van der Waals surface area contributed by atoms with E-state index in [1.165, 1.54) is 0 Å². The molecular formula is C15H19BrN2O. The molecule has 0 radical (unpaired) electrons. The Kier molecular flexibility index (Phi) is 4.77. The number of benzene rings is 1. The number of hydrogen-bond donors (Lipinski definition) is 1. The number of aliphatic hydroxyl groups excluding tert-OH is 1. The Hall–Kier alpha value is -1.13. The van der Waals surface area contributed by atoms with Gasteiger partial charge in [-0.05, 0) is 37.6 Å². The van der Waals surface area contributed by atoms with Crippen LogP contribution >= 0.6 is 15.9 Å². The molecule has 1 unspecified atom stereocenters. The van der Waals surface area contributed by atoms with Crippen LogP contribution in [0, 0.1) is 0 Å². The molecule has 0 amide bonds. The number of halogens is 1. The average molecular weight is 323 g/mol. The molecular weight excluding hydrogens is 304 g/mol. The summed E-state index contributed by atoms with van der Waals surface area (Å²) in [5.41, 5.74) is 2.17. The summed E-state index contributed by atoms with van der Waals surface area (Å²) >= 11 is 3.42. The molecule has 0 saturated heterocycles. The average Bonchev–Trinajstić information content (AvgIpc) is 2.86. The Labute approximate surface area is 122 Å². The first-order chi connectivity index (χ1) is 9.10. The van der Waals surface area contributed by atoms with E-state index in [0.717, 1.165) is 22.2 Å². The van der Waals surface area contributed by atoms with Crippen LogP contribution in [0.5, 0.6) is 0 Å². The van der Waals surface area contributed by atoms with Crippen molar-refractivity contribution >= 4 is 15.9 Å². The number of nitrogens with zero attached hydrogens (tertiary/aromatic N) is 2. The van der Waals surface area contributed by atoms with Gasteiger partial charge in [0.25, 0.3) is 0 Å². The summed E-state index contributed by atoms with van der Waals surface area (Å²) in [4.78, 5) is 0. The van der Waals surface area contributed by atoms with Crippen LogP contribution in [-0.4, -0.2) is 21.5 Å². The van der Waals surface area contributed by atoms with Gasteiger partial charge in [-0.25, -0.2) is 0 Å². The minimum atomic E-state index is 0.101. The molecule has 0 spiro atoms. The molecule has 2 aromatic rings. The summed E-state index contributed by atoms with van der Waals surface area (Å²) in [6.07, 6.45) is 2.76. The molecule has 3 nitrogen and oxygen atoms in total. The van der Waals surface area contributed by atoms with E-state index >= 15 is 0 Å². The molecule has 102 valence electrons. The second-order valence-corrected chi connectivity index (χ2v) is 5.93. The molecule has 0 fully saturated rings. The van der Waals surface area contributed by atoms with Crippen LogP contribution < -0.4 is 0 Å². The molecule has 4 heteroatoms. The lowest BCUT2D eigenvalue weighted by atomic mass is 9.95. The van der Waals surface area contributed by atoms with E-state index in [0.29, 0.717) is 6.04 Å². The van der Waals surface area contributed by atoms with Crippen molar-refractivity contribution in [2.45, 2.75) is 32.2 Å². The van der Waals surface area contributed by atoms with Crippen LogP contribution in [0.3, 0.4) is 0 Å². The zero-order valence-corrected chi connectivity index (χ0v) is 12.8. The Bertz CT molecular complexity index is 519. The first kappa shape index (κ1) is 14.3. The summed E-state index contributed by atoms with van der Waals surface area (Å²) in [5, 5.41) is 14.1. The number of aliphatic hydroxyl groups is 1. The van der Waals surface area contributed by atoms with Gasteiger partial charge >= 0.3 is 0 Å². The van der Waals surface area contributed by atoms with E-state index in [2.05, 4.69) is 34.9 Å². The Morgan fingerprint density at radius 3 is 2.42 bits per heavy atom. The Morgan fingerprint density at radius 1 is 1.21 bits per heavy atom. The first-order valence-electron chi connectivity index (χ1n) is 6.50. The second kappa shape index (κ2) is 6.35. The predicted molar refractivity (Wildman–Crippen MR) is 80.3 cm³/mol. The Balaban J connectivity index is 2.12. The lowest BCUT2D eigenvalue weighted by molar-refractivity contribution is 0.263. The zero-order valence-electron chi connectivity index (χ0n) is 11.3. The highest BCUT2D eigenvalue weighted by Gasteiger charge is 2.13. The maximum atomic E-state index is 9.58. The molecule has 0 aliphatic carbocycles. The van der Waals surface area contributed by atoms with Crippen molar-refractivity contribution in [1.29, 1.82) is 0 Å². The van der Waals surface area contributed by atoms with Gasteiger partial charge in [-0.3, -0.25) is 4.68 Å². The molecule has 0 aliphatic rings. The van der Waals surface area contributed by atoms with Gasteiger partial charge in [-0.1, -0.05) is 28.1 Å². The van der Waals surface area contributed by atoms with Crippen LogP contribution in [0.1, 0.15) is 37.1 Å². The minimum absolute atomic E-state index is 0.101. The highest BCUT2D eigenvalue weighted by Crippen LogP contribution is 2.22. The van der Waals surface area contributed by atoms with E-state index in [1.54, 1.807) is 0 Å². The van der Waals surface area contributed by atoms with Crippen LogP contribution in [-0.2, 0) is 6.42 Å². The first-order valence-corrected chi connectivity index (χ1v) is 7.30. The summed E-state index contributed by atoms with van der Waals surface area (Å²) in [6, 6.07) is 10.5. The summed E-state index contributed by atoms with van der Waals surface area (Å²) < 4.78 is 3.00. The standard InChI is InChI=1S/C15H19BrN2O/c1-11(2)18-8-7-15(17-18)9-13(10-19)12-3-5-14(16)6-4-12/h3-8,11,13,19H,9-10H2,1-2H3. The molecule has 0 bridgehead atoms. The molecule has 19 heavy (non-hydrogen) atoms. The van der Waals surface area contributed by atoms with Gasteiger partial charge in [-0.15, -0.1) is 0 Å². The second-order valence-electron chi connectivity index (χ2n) is 5.02. The van der Waals surface area contributed by atoms with Crippen LogP contribution in [0.25, 0.3) is 0 Å². The maximum absolute atomic E-state index is 9.58. The van der Waals surface area contributed by atoms with Crippen molar-refractivity contribution in [3.63, 3.8) is 0 Å². The molecule has 0 aliphatic heterocycles. The summed E-state index contributed by atoms with van der Waals surface area (Å²) in [5.74, 6) is 0.101. The van der Waals surface area contributed by atoms with Crippen molar-refractivity contribution in [3.05, 3.63) is 52.3 Å². The molecule has 1 atom stereocenters. The van der Waals surface area contributed by atoms with Gasteiger partial charge in [0.2, 0.25) is 0 Å². The predicted octanol–water partition coefficient (Wildman–Crippen LogP) is 3.55. The molecule has 1 N–H and O–H groups in total. The SMILES string of the molecule is CC(C)n1ccc(CC(CO)c2ccc(Br)cc2)n1. The normalized spacial score (nSPS) is 12.9. The molecule has 2 rings (SSSR count). The van der Waals surface area contributed by atoms with Gasteiger partial charge in [0, 0.05) is 29.1 Å².